The first-order chi connectivity index (χ1) is 15.6. The number of carboxylic acid groups (broad SMARTS) is 1. The van der Waals surface area contributed by atoms with Gasteiger partial charge in [0.05, 0.1) is 11.8 Å². The molecule has 3 rings (SSSR count). The van der Waals surface area contributed by atoms with Crippen molar-refractivity contribution in [2.45, 2.75) is 26.2 Å². The predicted molar refractivity (Wildman–Crippen MR) is 113 cm³/mol. The number of nitriles is 1. The van der Waals surface area contributed by atoms with Gasteiger partial charge in [-0.05, 0) is 23.6 Å². The van der Waals surface area contributed by atoms with Gasteiger partial charge in [0.2, 0.25) is 5.88 Å². The first kappa shape index (κ1) is 23.9. The van der Waals surface area contributed by atoms with Crippen molar-refractivity contribution in [3.63, 3.8) is 0 Å². The summed E-state index contributed by atoms with van der Waals surface area (Å²) < 4.78 is 34.6. The number of benzene rings is 1. The van der Waals surface area contributed by atoms with Crippen LogP contribution in [0.4, 0.5) is 8.78 Å². The number of aromatic nitrogens is 1. The Labute approximate surface area is 189 Å². The summed E-state index contributed by atoms with van der Waals surface area (Å²) in [5.41, 5.74) is -2.33. The molecule has 3 atom stereocenters. The van der Waals surface area contributed by atoms with Gasteiger partial charge in [-0.1, -0.05) is 44.2 Å². The Morgan fingerprint density at radius 1 is 1.21 bits per heavy atom. The van der Waals surface area contributed by atoms with Crippen molar-refractivity contribution >= 4 is 11.9 Å². The fourth-order valence-corrected chi connectivity index (χ4v) is 4.34. The molecule has 0 amide bonds. The molecular weight excluding hydrogens is 434 g/mol. The monoisotopic (exact) mass is 456 g/mol. The van der Waals surface area contributed by atoms with Crippen molar-refractivity contribution in [1.29, 1.82) is 5.26 Å². The van der Waals surface area contributed by atoms with E-state index in [1.165, 1.54) is 6.08 Å². The number of pyridine rings is 1. The molecule has 1 aliphatic carbocycles. The van der Waals surface area contributed by atoms with Gasteiger partial charge in [0, 0.05) is 18.1 Å². The Kier molecular flexibility index (Phi) is 6.77. The summed E-state index contributed by atoms with van der Waals surface area (Å²) in [7, 11) is 0. The largest absolute Gasteiger partial charge is 0.481 e. The molecule has 0 radical (unpaired) electrons. The average molecular weight is 456 g/mol. The highest BCUT2D eigenvalue weighted by molar-refractivity contribution is 5.86. The summed E-state index contributed by atoms with van der Waals surface area (Å²) in [6.45, 7) is 2.27. The second-order valence-electron chi connectivity index (χ2n) is 8.13. The zero-order valence-electron chi connectivity index (χ0n) is 17.9. The smallest absolute Gasteiger partial charge is 0.330 e. The third-order valence-corrected chi connectivity index (χ3v) is 5.97. The van der Waals surface area contributed by atoms with E-state index in [0.717, 1.165) is 6.08 Å². The maximum Gasteiger partial charge on any atom is 0.330 e. The van der Waals surface area contributed by atoms with Crippen LogP contribution in [-0.4, -0.2) is 35.1 Å². The minimum Gasteiger partial charge on any atom is -0.481 e. The van der Waals surface area contributed by atoms with Crippen LogP contribution in [0.2, 0.25) is 0 Å². The van der Waals surface area contributed by atoms with Crippen LogP contribution in [0, 0.1) is 28.1 Å². The van der Waals surface area contributed by atoms with Gasteiger partial charge in [0.1, 0.15) is 17.1 Å². The Balaban J connectivity index is 1.90. The molecule has 33 heavy (non-hydrogen) atoms. The molecule has 1 aromatic carbocycles. The number of alkyl halides is 2. The molecule has 1 unspecified atom stereocenters. The Morgan fingerprint density at radius 2 is 1.91 bits per heavy atom. The SMILES string of the molecule is CC1(C)[C@H](C=CC(=O)OCC(F)F)[C@@]1(C(=O)O)C(C#N)c1cccc(Oc2ccccc2)n1. The van der Waals surface area contributed by atoms with Crippen molar-refractivity contribution in [2.75, 3.05) is 6.61 Å². The molecule has 172 valence electrons. The average Bonchev–Trinajstić information content (AvgIpc) is 3.27. The molecule has 0 aliphatic heterocycles. The molecule has 7 nitrogen and oxygen atoms in total. The number of aliphatic carboxylic acids is 1. The number of nitrogens with zero attached hydrogens (tertiary/aromatic N) is 2. The lowest BCUT2D eigenvalue weighted by atomic mass is 9.80. The topological polar surface area (TPSA) is 110 Å². The van der Waals surface area contributed by atoms with Crippen LogP contribution < -0.4 is 4.74 Å². The zero-order valence-corrected chi connectivity index (χ0v) is 17.9. The number of ether oxygens (including phenoxy) is 2. The Hall–Kier alpha value is -3.80. The first-order valence-corrected chi connectivity index (χ1v) is 10.1. The fraction of sp³-hybridized carbons (Fsp3) is 0.333. The number of carbonyl (C=O) groups is 2. The predicted octanol–water partition coefficient (Wildman–Crippen LogP) is 4.57. The molecule has 9 heteroatoms. The van der Waals surface area contributed by atoms with E-state index in [2.05, 4.69) is 15.8 Å². The summed E-state index contributed by atoms with van der Waals surface area (Å²) in [5, 5.41) is 20.1. The lowest BCUT2D eigenvalue weighted by molar-refractivity contribution is -0.146. The first-order valence-electron chi connectivity index (χ1n) is 10.1. The van der Waals surface area contributed by atoms with E-state index in [1.807, 2.05) is 6.07 Å². The zero-order chi connectivity index (χ0) is 24.2. The molecule has 1 heterocycles. The van der Waals surface area contributed by atoms with Gasteiger partial charge < -0.3 is 14.6 Å². The van der Waals surface area contributed by atoms with Gasteiger partial charge in [0.25, 0.3) is 6.43 Å². The van der Waals surface area contributed by atoms with Crippen molar-refractivity contribution in [2.24, 2.45) is 16.7 Å². The maximum absolute atomic E-state index is 12.5. The number of allylic oxidation sites excluding steroid dienone is 1. The van der Waals surface area contributed by atoms with Crippen LogP contribution in [0.1, 0.15) is 25.5 Å². The lowest BCUT2D eigenvalue weighted by Crippen LogP contribution is -2.29. The minimum atomic E-state index is -2.81. The number of para-hydroxylation sites is 1. The number of halogens is 2. The third-order valence-electron chi connectivity index (χ3n) is 5.97. The normalized spacial score (nSPS) is 21.9. The highest BCUT2D eigenvalue weighted by Crippen LogP contribution is 2.75. The molecule has 1 N–H and O–H groups in total. The number of rotatable bonds is 9. The maximum atomic E-state index is 12.5. The molecule has 1 aromatic heterocycles. The second-order valence-corrected chi connectivity index (χ2v) is 8.13. The summed E-state index contributed by atoms with van der Waals surface area (Å²) in [6.07, 6.45) is -0.579. The van der Waals surface area contributed by atoms with E-state index < -0.39 is 47.6 Å². The fourth-order valence-electron chi connectivity index (χ4n) is 4.34. The van der Waals surface area contributed by atoms with Crippen molar-refractivity contribution in [3.05, 3.63) is 66.4 Å². The summed E-state index contributed by atoms with van der Waals surface area (Å²) in [5.74, 6) is -3.44. The molecular formula is C24H22F2N2O5. The molecule has 0 bridgehead atoms. The highest BCUT2D eigenvalue weighted by Gasteiger charge is 2.78. The van der Waals surface area contributed by atoms with Gasteiger partial charge in [-0.25, -0.2) is 18.6 Å². The van der Waals surface area contributed by atoms with Crippen LogP contribution in [0.5, 0.6) is 11.6 Å². The van der Waals surface area contributed by atoms with E-state index in [0.29, 0.717) is 5.75 Å². The number of carboxylic acids is 1. The van der Waals surface area contributed by atoms with E-state index in [1.54, 1.807) is 56.3 Å². The molecule has 1 fully saturated rings. The van der Waals surface area contributed by atoms with Gasteiger partial charge in [-0.3, -0.25) is 4.79 Å². The highest BCUT2D eigenvalue weighted by atomic mass is 19.3. The number of carbonyl (C=O) groups excluding carboxylic acids is 1. The summed E-state index contributed by atoms with van der Waals surface area (Å²) in [6, 6.07) is 15.7. The molecule has 1 saturated carbocycles. The summed E-state index contributed by atoms with van der Waals surface area (Å²) in [4.78, 5) is 28.5. The van der Waals surface area contributed by atoms with E-state index in [4.69, 9.17) is 4.74 Å². The van der Waals surface area contributed by atoms with E-state index in [-0.39, 0.29) is 11.6 Å². The number of esters is 1. The second kappa shape index (κ2) is 9.36. The molecule has 2 aromatic rings. The van der Waals surface area contributed by atoms with Gasteiger partial charge in [-0.15, -0.1) is 0 Å². The van der Waals surface area contributed by atoms with Crippen molar-refractivity contribution in [1.82, 2.24) is 4.98 Å². The Bertz CT molecular complexity index is 1100. The van der Waals surface area contributed by atoms with Gasteiger partial charge in [-0.2, -0.15) is 5.26 Å². The van der Waals surface area contributed by atoms with Crippen LogP contribution in [0.15, 0.2) is 60.7 Å². The minimum absolute atomic E-state index is 0.195. The quantitative estimate of drug-likeness (QED) is 0.435. The van der Waals surface area contributed by atoms with Crippen LogP contribution >= 0.6 is 0 Å². The lowest BCUT2D eigenvalue weighted by Gasteiger charge is -2.21. The number of hydrogen-bond acceptors (Lipinski definition) is 6. The van der Waals surface area contributed by atoms with E-state index in [9.17, 15) is 28.7 Å². The third kappa shape index (κ3) is 4.55. The standard InChI is InChI=1S/C24H22F2N2O5/c1-23(2)18(11-12-21(29)32-14-19(25)26)24(23,22(30)31)16(13-27)17-9-6-10-20(28-17)33-15-7-4-3-5-8-15/h3-12,16,18-19H,14H2,1-2H3,(H,30,31)/t16?,18-,24+/m0/s1. The van der Waals surface area contributed by atoms with Gasteiger partial charge in [0.15, 0.2) is 6.61 Å². The van der Waals surface area contributed by atoms with Crippen LogP contribution in [0.25, 0.3) is 0 Å². The Morgan fingerprint density at radius 3 is 2.52 bits per heavy atom. The van der Waals surface area contributed by atoms with Gasteiger partial charge >= 0.3 is 11.9 Å². The van der Waals surface area contributed by atoms with E-state index >= 15 is 0 Å². The molecule has 1 aliphatic rings. The van der Waals surface area contributed by atoms with Crippen LogP contribution in [0.3, 0.4) is 0 Å². The van der Waals surface area contributed by atoms with Crippen molar-refractivity contribution in [3.8, 4) is 17.7 Å². The van der Waals surface area contributed by atoms with Crippen LogP contribution in [-0.2, 0) is 14.3 Å². The molecule has 0 spiro atoms. The number of hydrogen-bond donors (Lipinski definition) is 1. The van der Waals surface area contributed by atoms with Crippen molar-refractivity contribution < 1.29 is 33.0 Å². The summed E-state index contributed by atoms with van der Waals surface area (Å²) >= 11 is 0. The molecule has 0 saturated heterocycles.